The average molecular weight is 338 g/mol. The van der Waals surface area contributed by atoms with Crippen LogP contribution >= 0.6 is 0 Å². The van der Waals surface area contributed by atoms with Gasteiger partial charge in [-0.25, -0.2) is 14.8 Å². The van der Waals surface area contributed by atoms with Gasteiger partial charge in [-0.2, -0.15) is 0 Å². The van der Waals surface area contributed by atoms with E-state index >= 15 is 0 Å². The van der Waals surface area contributed by atoms with Gasteiger partial charge in [0.1, 0.15) is 11.6 Å². The molecule has 0 saturated carbocycles. The third kappa shape index (κ3) is 6.61. The first kappa shape index (κ1) is 17.8. The van der Waals surface area contributed by atoms with Crippen molar-refractivity contribution >= 4 is 17.7 Å². The lowest BCUT2D eigenvalue weighted by atomic mass is 10.3. The minimum absolute atomic E-state index is 0.358. The maximum atomic E-state index is 11.5. The van der Waals surface area contributed by atoms with E-state index in [4.69, 9.17) is 10.5 Å². The highest BCUT2D eigenvalue weighted by atomic mass is 16.6. The number of carbonyl (C=O) groups is 1. The number of carbonyl (C=O) groups excluding carboxylic acids is 1. The molecule has 0 atom stereocenters. The zero-order valence-corrected chi connectivity index (χ0v) is 13.9. The summed E-state index contributed by atoms with van der Waals surface area (Å²) in [4.78, 5) is 27.1. The number of ether oxygens (including phenoxy) is 1. The number of nitrogen functional groups attached to an aromatic ring is 1. The fourth-order valence-electron chi connectivity index (χ4n) is 1.59. The molecular formula is C17H18N6O2. The number of nitrogens with zero attached hydrogens (tertiary/aromatic N) is 4. The van der Waals surface area contributed by atoms with Gasteiger partial charge in [-0.1, -0.05) is 18.2 Å². The summed E-state index contributed by atoms with van der Waals surface area (Å²) in [6, 6.07) is 8.81. The molecule has 1 amide bonds. The maximum absolute atomic E-state index is 11.5. The summed E-state index contributed by atoms with van der Waals surface area (Å²) in [5.74, 6) is 1.30. The molecule has 0 unspecified atom stereocenters. The fourth-order valence-corrected chi connectivity index (χ4v) is 1.59. The third-order valence-corrected chi connectivity index (χ3v) is 2.77. The summed E-state index contributed by atoms with van der Waals surface area (Å²) >= 11 is 0. The molecule has 0 aliphatic heterocycles. The number of amides is 1. The molecule has 0 bridgehead atoms. The summed E-state index contributed by atoms with van der Waals surface area (Å²) in [6.45, 7) is 3.69. The average Bonchev–Trinajstić information content (AvgIpc) is 2.61. The monoisotopic (exact) mass is 338 g/mol. The second-order valence-corrected chi connectivity index (χ2v) is 4.95. The summed E-state index contributed by atoms with van der Waals surface area (Å²) in [5.41, 5.74) is 6.93. The second kappa shape index (κ2) is 8.92. The minimum atomic E-state index is -0.589. The van der Waals surface area contributed by atoms with E-state index < -0.39 is 6.09 Å². The van der Waals surface area contributed by atoms with Crippen molar-refractivity contribution in [2.45, 2.75) is 13.8 Å². The Labute approximate surface area is 145 Å². The summed E-state index contributed by atoms with van der Waals surface area (Å²) in [7, 11) is 0. The van der Waals surface area contributed by atoms with Crippen LogP contribution in [0.2, 0.25) is 0 Å². The normalized spacial score (nSPS) is 9.52. The number of aromatic nitrogens is 4. The number of nitrogens with one attached hydrogen (secondary N) is 1. The van der Waals surface area contributed by atoms with Crippen molar-refractivity contribution < 1.29 is 9.53 Å². The van der Waals surface area contributed by atoms with Gasteiger partial charge in [-0.15, -0.1) is 0 Å². The van der Waals surface area contributed by atoms with Gasteiger partial charge in [-0.3, -0.25) is 15.3 Å². The van der Waals surface area contributed by atoms with Gasteiger partial charge < -0.3 is 10.5 Å². The molecule has 0 saturated heterocycles. The van der Waals surface area contributed by atoms with E-state index in [2.05, 4.69) is 25.3 Å². The van der Waals surface area contributed by atoms with Crippen LogP contribution in [-0.4, -0.2) is 26.0 Å². The van der Waals surface area contributed by atoms with Gasteiger partial charge >= 0.3 is 6.09 Å². The zero-order chi connectivity index (χ0) is 18.1. The standard InChI is InChI=1S/C12H11N3O2.C5H7N3/c1-9-7-14-11(8-13-9)15-12(16)17-10-5-3-2-4-6-10;1-4-2-8-5(6)3-7-4/h2-8H,1H3,(H,14,15,16);2-3H,1H3,(H2,6,8). The van der Waals surface area contributed by atoms with Gasteiger partial charge in [0.25, 0.3) is 0 Å². The molecule has 128 valence electrons. The Hall–Kier alpha value is -3.55. The molecule has 0 aliphatic rings. The quantitative estimate of drug-likeness (QED) is 0.738. The molecule has 3 rings (SSSR count). The van der Waals surface area contributed by atoms with Crippen LogP contribution in [0.3, 0.4) is 0 Å². The van der Waals surface area contributed by atoms with Crippen LogP contribution < -0.4 is 15.8 Å². The van der Waals surface area contributed by atoms with Crippen molar-refractivity contribution in [2.24, 2.45) is 0 Å². The summed E-state index contributed by atoms with van der Waals surface area (Å²) in [5, 5.41) is 2.48. The van der Waals surface area contributed by atoms with E-state index in [0.29, 0.717) is 17.4 Å². The van der Waals surface area contributed by atoms with Crippen molar-refractivity contribution in [3.63, 3.8) is 0 Å². The highest BCUT2D eigenvalue weighted by Crippen LogP contribution is 2.09. The van der Waals surface area contributed by atoms with Crippen molar-refractivity contribution in [2.75, 3.05) is 11.1 Å². The van der Waals surface area contributed by atoms with Crippen LogP contribution in [0, 0.1) is 13.8 Å². The van der Waals surface area contributed by atoms with Crippen LogP contribution in [0.5, 0.6) is 5.75 Å². The topological polar surface area (TPSA) is 116 Å². The Morgan fingerprint density at radius 1 is 0.920 bits per heavy atom. The van der Waals surface area contributed by atoms with Crippen LogP contribution in [0.25, 0.3) is 0 Å². The number of benzene rings is 1. The molecule has 0 radical (unpaired) electrons. The minimum Gasteiger partial charge on any atom is -0.410 e. The first-order valence-corrected chi connectivity index (χ1v) is 7.39. The molecule has 3 N–H and O–H groups in total. The molecule has 3 aromatic rings. The molecule has 1 aromatic carbocycles. The van der Waals surface area contributed by atoms with Crippen molar-refractivity contribution in [3.05, 3.63) is 66.5 Å². The van der Waals surface area contributed by atoms with Crippen LogP contribution in [0.1, 0.15) is 11.4 Å². The largest absolute Gasteiger partial charge is 0.418 e. The van der Waals surface area contributed by atoms with Gasteiger partial charge in [0.15, 0.2) is 5.82 Å². The predicted octanol–water partition coefficient (Wildman–Crippen LogP) is 2.76. The lowest BCUT2D eigenvalue weighted by Crippen LogP contribution is -2.17. The van der Waals surface area contributed by atoms with Gasteiger partial charge in [0.2, 0.25) is 0 Å². The first-order valence-electron chi connectivity index (χ1n) is 7.39. The van der Waals surface area contributed by atoms with Crippen molar-refractivity contribution in [3.8, 4) is 5.75 Å². The van der Waals surface area contributed by atoms with Gasteiger partial charge in [0.05, 0.1) is 36.2 Å². The lowest BCUT2D eigenvalue weighted by molar-refractivity contribution is 0.215. The molecule has 25 heavy (non-hydrogen) atoms. The predicted molar refractivity (Wildman–Crippen MR) is 94.0 cm³/mol. The Balaban J connectivity index is 0.000000236. The van der Waals surface area contributed by atoms with Gasteiger partial charge in [0, 0.05) is 0 Å². The summed E-state index contributed by atoms with van der Waals surface area (Å²) < 4.78 is 5.03. The highest BCUT2D eigenvalue weighted by molar-refractivity contribution is 5.84. The Morgan fingerprint density at radius 2 is 1.56 bits per heavy atom. The Morgan fingerprint density at radius 3 is 2.08 bits per heavy atom. The number of anilines is 2. The zero-order valence-electron chi connectivity index (χ0n) is 13.9. The molecule has 8 heteroatoms. The maximum Gasteiger partial charge on any atom is 0.418 e. The smallest absolute Gasteiger partial charge is 0.410 e. The molecular weight excluding hydrogens is 320 g/mol. The highest BCUT2D eigenvalue weighted by Gasteiger charge is 2.05. The van der Waals surface area contributed by atoms with E-state index in [1.54, 1.807) is 36.7 Å². The Bertz CT molecular complexity index is 771. The van der Waals surface area contributed by atoms with E-state index in [9.17, 15) is 4.79 Å². The molecule has 2 heterocycles. The number of rotatable bonds is 2. The van der Waals surface area contributed by atoms with E-state index in [1.807, 2.05) is 19.9 Å². The van der Waals surface area contributed by atoms with Crippen LogP contribution in [0.15, 0.2) is 55.1 Å². The number of hydrogen-bond acceptors (Lipinski definition) is 7. The number of hydrogen-bond donors (Lipinski definition) is 2. The van der Waals surface area contributed by atoms with Crippen LogP contribution in [0.4, 0.5) is 16.4 Å². The van der Waals surface area contributed by atoms with E-state index in [1.165, 1.54) is 12.4 Å². The molecule has 0 aliphatic carbocycles. The van der Waals surface area contributed by atoms with Crippen LogP contribution in [-0.2, 0) is 0 Å². The third-order valence-electron chi connectivity index (χ3n) is 2.77. The van der Waals surface area contributed by atoms with Crippen molar-refractivity contribution in [1.82, 2.24) is 19.9 Å². The Kier molecular flexibility index (Phi) is 6.35. The van der Waals surface area contributed by atoms with E-state index in [0.717, 1.165) is 11.4 Å². The molecule has 2 aromatic heterocycles. The SMILES string of the molecule is Cc1cnc(N)cn1.Cc1cnc(NC(=O)Oc2ccccc2)cn1. The summed E-state index contributed by atoms with van der Waals surface area (Å²) in [6.07, 6.45) is 5.62. The van der Waals surface area contributed by atoms with Crippen molar-refractivity contribution in [1.29, 1.82) is 0 Å². The second-order valence-electron chi connectivity index (χ2n) is 4.95. The number of para-hydroxylation sites is 1. The van der Waals surface area contributed by atoms with E-state index in [-0.39, 0.29) is 0 Å². The molecule has 8 nitrogen and oxygen atoms in total. The first-order chi connectivity index (χ1) is 12.0. The molecule has 0 spiro atoms. The fraction of sp³-hybridized carbons (Fsp3) is 0.118. The molecule has 0 fully saturated rings. The lowest BCUT2D eigenvalue weighted by Gasteiger charge is -2.05. The number of aryl methyl sites for hydroxylation is 2. The number of nitrogens with two attached hydrogens (primary N) is 1. The van der Waals surface area contributed by atoms with Gasteiger partial charge in [-0.05, 0) is 26.0 Å².